The lowest BCUT2D eigenvalue weighted by Crippen LogP contribution is -2.00. The molecule has 0 saturated carbocycles. The number of furan rings is 1. The van der Waals surface area contributed by atoms with E-state index < -0.39 is 0 Å². The van der Waals surface area contributed by atoms with Gasteiger partial charge in [0.25, 0.3) is 0 Å². The van der Waals surface area contributed by atoms with Crippen LogP contribution < -0.4 is 0 Å². The zero-order valence-electron chi connectivity index (χ0n) is 8.19. The number of rotatable bonds is 3. The van der Waals surface area contributed by atoms with E-state index in [-0.39, 0.29) is 0 Å². The van der Waals surface area contributed by atoms with Crippen molar-refractivity contribution in [1.82, 2.24) is 0 Å². The van der Waals surface area contributed by atoms with Gasteiger partial charge in [0, 0.05) is 11.3 Å². The van der Waals surface area contributed by atoms with Gasteiger partial charge in [-0.3, -0.25) is 0 Å². The topological polar surface area (TPSA) is 22.4 Å². The average molecular weight is 189 g/mol. The first-order chi connectivity index (χ1) is 6.81. The Labute approximate surface area is 83.5 Å². The highest BCUT2D eigenvalue weighted by Gasteiger charge is 2.06. The van der Waals surface area contributed by atoms with Gasteiger partial charge in [0.15, 0.2) is 0 Å². The van der Waals surface area contributed by atoms with Crippen molar-refractivity contribution in [2.75, 3.05) is 6.61 Å². The van der Waals surface area contributed by atoms with E-state index in [1.165, 1.54) is 5.56 Å². The third-order valence-corrected chi connectivity index (χ3v) is 2.41. The molecule has 2 aromatic rings. The van der Waals surface area contributed by atoms with Crippen molar-refractivity contribution in [2.45, 2.75) is 12.8 Å². The van der Waals surface area contributed by atoms with Crippen LogP contribution in [0.25, 0.3) is 11.0 Å². The van der Waals surface area contributed by atoms with Crippen LogP contribution in [0.2, 0.25) is 0 Å². The van der Waals surface area contributed by atoms with E-state index in [2.05, 4.69) is 26.2 Å². The Balaban J connectivity index is 2.33. The van der Waals surface area contributed by atoms with E-state index >= 15 is 0 Å². The Morgan fingerprint density at radius 1 is 1.43 bits per heavy atom. The van der Waals surface area contributed by atoms with E-state index in [1.54, 1.807) is 6.26 Å². The molecule has 0 spiro atoms. The molecule has 1 atom stereocenters. The number of ether oxygens (including phenoxy) is 1. The number of hydrogen-bond acceptors (Lipinski definition) is 2. The smallest absolute Gasteiger partial charge is 0.133 e. The largest absolute Gasteiger partial charge is 0.464 e. The molecule has 0 N–H and O–H groups in total. The fourth-order valence-electron chi connectivity index (χ4n) is 1.56. The summed E-state index contributed by atoms with van der Waals surface area (Å²) in [4.78, 5) is 0. The van der Waals surface area contributed by atoms with E-state index in [9.17, 15) is 0 Å². The maximum atomic E-state index is 5.27. The van der Waals surface area contributed by atoms with Gasteiger partial charge < -0.3 is 9.15 Å². The van der Waals surface area contributed by atoms with Crippen molar-refractivity contribution in [1.29, 1.82) is 0 Å². The van der Waals surface area contributed by atoms with Crippen LogP contribution in [0.1, 0.15) is 18.4 Å². The zero-order valence-corrected chi connectivity index (χ0v) is 8.19. The molecular weight excluding hydrogens is 176 g/mol. The third-order valence-electron chi connectivity index (χ3n) is 2.41. The molecule has 1 aromatic carbocycles. The van der Waals surface area contributed by atoms with Crippen molar-refractivity contribution >= 4 is 11.0 Å². The van der Waals surface area contributed by atoms with Crippen molar-refractivity contribution in [3.05, 3.63) is 43.2 Å². The maximum Gasteiger partial charge on any atom is 0.133 e. The summed E-state index contributed by atoms with van der Waals surface area (Å²) in [6.45, 7) is 2.76. The predicted octanol–water partition coefficient (Wildman–Crippen LogP) is 3.34. The first kappa shape index (κ1) is 9.28. The predicted molar refractivity (Wildman–Crippen MR) is 55.9 cm³/mol. The lowest BCUT2D eigenvalue weighted by molar-refractivity contribution is 0.225. The number of benzene rings is 1. The van der Waals surface area contributed by atoms with E-state index in [0.717, 1.165) is 11.0 Å². The molecule has 1 aromatic heterocycles. The molecule has 1 radical (unpaired) electrons. The third kappa shape index (κ3) is 1.66. The van der Waals surface area contributed by atoms with Gasteiger partial charge >= 0.3 is 0 Å². The Morgan fingerprint density at radius 2 is 2.29 bits per heavy atom. The highest BCUT2D eigenvalue weighted by molar-refractivity contribution is 5.77. The molecule has 2 nitrogen and oxygen atoms in total. The fourth-order valence-corrected chi connectivity index (χ4v) is 1.56. The van der Waals surface area contributed by atoms with E-state index in [4.69, 9.17) is 9.15 Å². The average Bonchev–Trinajstić information content (AvgIpc) is 2.64. The van der Waals surface area contributed by atoms with Crippen molar-refractivity contribution < 1.29 is 9.15 Å². The van der Waals surface area contributed by atoms with Crippen molar-refractivity contribution in [2.24, 2.45) is 0 Å². The molecule has 1 heterocycles. The summed E-state index contributed by atoms with van der Waals surface area (Å²) in [6, 6.07) is 8.15. The van der Waals surface area contributed by atoms with Crippen molar-refractivity contribution in [3.8, 4) is 0 Å². The second-order valence-corrected chi connectivity index (χ2v) is 3.49. The Kier molecular flexibility index (Phi) is 2.55. The van der Waals surface area contributed by atoms with Crippen molar-refractivity contribution in [3.63, 3.8) is 0 Å². The van der Waals surface area contributed by atoms with Gasteiger partial charge in [0.05, 0.1) is 20.0 Å². The number of hydrogen-bond donors (Lipinski definition) is 0. The van der Waals surface area contributed by atoms with Crippen LogP contribution in [0.15, 0.2) is 34.9 Å². The molecule has 0 aliphatic rings. The minimum atomic E-state index is 0.367. The van der Waals surface area contributed by atoms with Crippen LogP contribution in [0.3, 0.4) is 0 Å². The van der Waals surface area contributed by atoms with Gasteiger partial charge in [-0.15, -0.1) is 0 Å². The molecule has 0 fully saturated rings. The quantitative estimate of drug-likeness (QED) is 0.738. The first-order valence-corrected chi connectivity index (χ1v) is 4.65. The molecule has 14 heavy (non-hydrogen) atoms. The summed E-state index contributed by atoms with van der Waals surface area (Å²) in [5.74, 6) is 0.367. The van der Waals surface area contributed by atoms with Gasteiger partial charge in [-0.25, -0.2) is 0 Å². The first-order valence-electron chi connectivity index (χ1n) is 4.65. The zero-order chi connectivity index (χ0) is 9.97. The second-order valence-electron chi connectivity index (χ2n) is 3.49. The summed E-state index contributed by atoms with van der Waals surface area (Å²) < 4.78 is 10.1. The molecule has 0 amide bonds. The highest BCUT2D eigenvalue weighted by Crippen LogP contribution is 2.22. The molecule has 0 aliphatic carbocycles. The normalized spacial score (nSPS) is 13.3. The number of fused-ring (bicyclic) bond motifs is 1. The molecule has 2 rings (SSSR count). The molecule has 0 aliphatic heterocycles. The van der Waals surface area contributed by atoms with Crippen LogP contribution in [-0.4, -0.2) is 6.61 Å². The molecular formula is C12H13O2. The lowest BCUT2D eigenvalue weighted by atomic mass is 10.0. The van der Waals surface area contributed by atoms with Gasteiger partial charge in [0.1, 0.15) is 5.58 Å². The Hall–Kier alpha value is -1.28. The van der Waals surface area contributed by atoms with Gasteiger partial charge in [0.2, 0.25) is 0 Å². The highest BCUT2D eigenvalue weighted by atomic mass is 16.5. The summed E-state index contributed by atoms with van der Waals surface area (Å²) >= 11 is 0. The summed E-state index contributed by atoms with van der Waals surface area (Å²) in [5.41, 5.74) is 2.18. The van der Waals surface area contributed by atoms with Crippen LogP contribution >= 0.6 is 0 Å². The van der Waals surface area contributed by atoms with Gasteiger partial charge in [-0.2, -0.15) is 0 Å². The Bertz CT molecular complexity index is 417. The molecule has 1 unspecified atom stereocenters. The van der Waals surface area contributed by atoms with Gasteiger partial charge in [-0.1, -0.05) is 13.0 Å². The summed E-state index contributed by atoms with van der Waals surface area (Å²) in [7, 11) is 3.38. The monoisotopic (exact) mass is 189 g/mol. The molecule has 2 heteroatoms. The summed E-state index contributed by atoms with van der Waals surface area (Å²) in [6.07, 6.45) is 1.71. The summed E-state index contributed by atoms with van der Waals surface area (Å²) in [5, 5.41) is 1.14. The Morgan fingerprint density at radius 3 is 3.07 bits per heavy atom. The van der Waals surface area contributed by atoms with Crippen LogP contribution in [0, 0.1) is 7.11 Å². The molecule has 0 bridgehead atoms. The lowest BCUT2D eigenvalue weighted by Gasteiger charge is -2.09. The standard InChI is InChI=1S/C12H13O2/c1-9(8-13-2)10-3-4-12-11(7-10)5-6-14-12/h3-7,9H,2,8H2,1H3. The van der Waals surface area contributed by atoms with Crippen LogP contribution in [0.4, 0.5) is 0 Å². The molecule has 0 saturated heterocycles. The van der Waals surface area contributed by atoms with Crippen LogP contribution in [-0.2, 0) is 4.74 Å². The SMILES string of the molecule is [CH2]OCC(C)c1ccc2occc2c1. The fraction of sp³-hybridized carbons (Fsp3) is 0.250. The van der Waals surface area contributed by atoms with E-state index in [1.807, 2.05) is 12.1 Å². The second kappa shape index (κ2) is 3.84. The molecule has 73 valence electrons. The van der Waals surface area contributed by atoms with Crippen LogP contribution in [0.5, 0.6) is 0 Å². The van der Waals surface area contributed by atoms with E-state index in [0.29, 0.717) is 12.5 Å². The maximum absolute atomic E-state index is 5.27. The minimum Gasteiger partial charge on any atom is -0.464 e. The van der Waals surface area contributed by atoms with Gasteiger partial charge in [-0.05, 0) is 23.8 Å². The minimum absolute atomic E-state index is 0.367.